The van der Waals surface area contributed by atoms with Gasteiger partial charge in [-0.05, 0) is 24.1 Å². The first-order valence-electron chi connectivity index (χ1n) is 5.17. The van der Waals surface area contributed by atoms with Crippen molar-refractivity contribution in [2.75, 3.05) is 0 Å². The summed E-state index contributed by atoms with van der Waals surface area (Å²) in [6.07, 6.45) is -0.676. The van der Waals surface area contributed by atoms with Gasteiger partial charge in [0.15, 0.2) is 0 Å². The van der Waals surface area contributed by atoms with Crippen molar-refractivity contribution in [3.8, 4) is 0 Å². The summed E-state index contributed by atoms with van der Waals surface area (Å²) in [7, 11) is 0. The average molecular weight is 244 g/mol. The molecule has 0 fully saturated rings. The highest BCUT2D eigenvalue weighted by Crippen LogP contribution is 2.35. The van der Waals surface area contributed by atoms with Crippen molar-refractivity contribution in [3.63, 3.8) is 0 Å². The fourth-order valence-electron chi connectivity index (χ4n) is 1.67. The van der Waals surface area contributed by atoms with E-state index in [9.17, 15) is 18.7 Å². The molecule has 0 saturated heterocycles. The van der Waals surface area contributed by atoms with Crippen LogP contribution in [0.1, 0.15) is 25.8 Å². The highest BCUT2D eigenvalue weighted by atomic mass is 19.1. The highest BCUT2D eigenvalue weighted by Gasteiger charge is 2.38. The van der Waals surface area contributed by atoms with E-state index in [0.717, 1.165) is 18.2 Å². The van der Waals surface area contributed by atoms with Crippen molar-refractivity contribution in [2.24, 2.45) is 5.92 Å². The van der Waals surface area contributed by atoms with Crippen molar-refractivity contribution < 1.29 is 23.8 Å². The summed E-state index contributed by atoms with van der Waals surface area (Å²) in [4.78, 5) is 10.7. The van der Waals surface area contributed by atoms with E-state index >= 15 is 0 Å². The van der Waals surface area contributed by atoms with E-state index in [2.05, 4.69) is 0 Å². The van der Waals surface area contributed by atoms with Gasteiger partial charge in [-0.15, -0.1) is 0 Å². The second-order valence-electron chi connectivity index (χ2n) is 4.27. The second-order valence-corrected chi connectivity index (χ2v) is 4.27. The van der Waals surface area contributed by atoms with Crippen LogP contribution in [0.4, 0.5) is 8.78 Å². The van der Waals surface area contributed by atoms with Gasteiger partial charge in [-0.3, -0.25) is 4.79 Å². The first kappa shape index (κ1) is 13.6. The van der Waals surface area contributed by atoms with Gasteiger partial charge in [0.25, 0.3) is 0 Å². The van der Waals surface area contributed by atoms with E-state index < -0.39 is 35.5 Å². The van der Waals surface area contributed by atoms with Crippen LogP contribution in [0.5, 0.6) is 0 Å². The number of carbonyl (C=O) groups is 1. The lowest BCUT2D eigenvalue weighted by atomic mass is 9.80. The number of benzene rings is 1. The van der Waals surface area contributed by atoms with Crippen LogP contribution in [-0.2, 0) is 10.4 Å². The molecular formula is C12H14F2O3. The van der Waals surface area contributed by atoms with Gasteiger partial charge in [0.2, 0.25) is 0 Å². The van der Waals surface area contributed by atoms with E-state index in [1.807, 2.05) is 0 Å². The van der Waals surface area contributed by atoms with E-state index in [4.69, 9.17) is 5.11 Å². The lowest BCUT2D eigenvalue weighted by Crippen LogP contribution is -2.35. The monoisotopic (exact) mass is 244 g/mol. The first-order chi connectivity index (χ1) is 7.77. The predicted octanol–water partition coefficient (Wildman–Crippen LogP) is 2.28. The minimum atomic E-state index is -1.92. The fourth-order valence-corrected chi connectivity index (χ4v) is 1.67. The Bertz CT molecular complexity index is 432. The molecule has 1 rings (SSSR count). The molecule has 5 heteroatoms. The number of aliphatic carboxylic acids is 1. The molecule has 3 nitrogen and oxygen atoms in total. The maximum atomic E-state index is 13.6. The molecule has 0 amide bonds. The van der Waals surface area contributed by atoms with Gasteiger partial charge in [0, 0.05) is 5.56 Å². The summed E-state index contributed by atoms with van der Waals surface area (Å²) in [5.74, 6) is -3.37. The molecule has 0 aliphatic heterocycles. The molecule has 0 aliphatic rings. The molecule has 1 atom stereocenters. The average Bonchev–Trinajstić information content (AvgIpc) is 2.20. The molecule has 0 spiro atoms. The molecule has 1 aromatic carbocycles. The molecule has 0 aliphatic carbocycles. The summed E-state index contributed by atoms with van der Waals surface area (Å²) in [5.41, 5.74) is -2.24. The van der Waals surface area contributed by atoms with Gasteiger partial charge in [0.1, 0.15) is 17.2 Å². The summed E-state index contributed by atoms with van der Waals surface area (Å²) >= 11 is 0. The third-order valence-corrected chi connectivity index (χ3v) is 2.77. The SMILES string of the molecule is CC(C)C(O)(CC(=O)O)c1cc(F)ccc1F. The summed E-state index contributed by atoms with van der Waals surface area (Å²) in [6.45, 7) is 3.10. The zero-order valence-corrected chi connectivity index (χ0v) is 9.58. The van der Waals surface area contributed by atoms with Crippen molar-refractivity contribution in [2.45, 2.75) is 25.9 Å². The Morgan fingerprint density at radius 3 is 2.47 bits per heavy atom. The number of rotatable bonds is 4. The first-order valence-corrected chi connectivity index (χ1v) is 5.17. The van der Waals surface area contributed by atoms with Crippen molar-refractivity contribution in [3.05, 3.63) is 35.4 Å². The molecule has 0 aromatic heterocycles. The summed E-state index contributed by atoms with van der Waals surface area (Å²) in [5, 5.41) is 19.0. The number of carboxylic acid groups (broad SMARTS) is 1. The van der Waals surface area contributed by atoms with Crippen molar-refractivity contribution >= 4 is 5.97 Å². The van der Waals surface area contributed by atoms with Gasteiger partial charge in [-0.1, -0.05) is 13.8 Å². The van der Waals surface area contributed by atoms with Crippen LogP contribution >= 0.6 is 0 Å². The molecule has 0 radical (unpaired) electrons. The van der Waals surface area contributed by atoms with Gasteiger partial charge in [0.05, 0.1) is 6.42 Å². The second kappa shape index (κ2) is 4.79. The molecule has 1 aromatic rings. The summed E-state index contributed by atoms with van der Waals surface area (Å²) < 4.78 is 26.6. The Hall–Kier alpha value is -1.49. The zero-order valence-electron chi connectivity index (χ0n) is 9.58. The van der Waals surface area contributed by atoms with E-state index in [0.29, 0.717) is 0 Å². The Labute approximate surface area is 97.7 Å². The van der Waals surface area contributed by atoms with Gasteiger partial charge in [-0.25, -0.2) is 8.78 Å². The number of hydrogen-bond donors (Lipinski definition) is 2. The minimum Gasteiger partial charge on any atom is -0.481 e. The predicted molar refractivity (Wildman–Crippen MR) is 57.3 cm³/mol. The van der Waals surface area contributed by atoms with E-state index in [-0.39, 0.29) is 5.56 Å². The van der Waals surface area contributed by atoms with Crippen LogP contribution in [0.25, 0.3) is 0 Å². The Morgan fingerprint density at radius 1 is 1.41 bits per heavy atom. The van der Waals surface area contributed by atoms with Crippen LogP contribution < -0.4 is 0 Å². The number of halogens is 2. The van der Waals surface area contributed by atoms with Gasteiger partial charge >= 0.3 is 5.97 Å². The van der Waals surface area contributed by atoms with Crippen molar-refractivity contribution in [1.82, 2.24) is 0 Å². The summed E-state index contributed by atoms with van der Waals surface area (Å²) in [6, 6.07) is 2.62. The van der Waals surface area contributed by atoms with Gasteiger partial charge < -0.3 is 10.2 Å². The van der Waals surface area contributed by atoms with Gasteiger partial charge in [-0.2, -0.15) is 0 Å². The van der Waals surface area contributed by atoms with E-state index in [1.165, 1.54) is 0 Å². The zero-order chi connectivity index (χ0) is 13.2. The molecular weight excluding hydrogens is 230 g/mol. The van der Waals surface area contributed by atoms with E-state index in [1.54, 1.807) is 13.8 Å². The third kappa shape index (κ3) is 2.79. The smallest absolute Gasteiger partial charge is 0.306 e. The minimum absolute atomic E-state index is 0.324. The molecule has 2 N–H and O–H groups in total. The standard InChI is InChI=1S/C12H14F2O3/c1-7(2)12(17,6-11(15)16)9-5-8(13)3-4-10(9)14/h3-5,7,17H,6H2,1-2H3,(H,15,16). The Balaban J connectivity index is 3.31. The van der Waals surface area contributed by atoms with Crippen LogP contribution in [0.3, 0.4) is 0 Å². The molecule has 94 valence electrons. The fraction of sp³-hybridized carbons (Fsp3) is 0.417. The quantitative estimate of drug-likeness (QED) is 0.854. The molecule has 0 saturated carbocycles. The molecule has 17 heavy (non-hydrogen) atoms. The Morgan fingerprint density at radius 2 is 2.00 bits per heavy atom. The largest absolute Gasteiger partial charge is 0.481 e. The number of aliphatic hydroxyl groups is 1. The maximum Gasteiger partial charge on any atom is 0.306 e. The molecule has 0 bridgehead atoms. The lowest BCUT2D eigenvalue weighted by Gasteiger charge is -2.31. The highest BCUT2D eigenvalue weighted by molar-refractivity contribution is 5.68. The third-order valence-electron chi connectivity index (χ3n) is 2.77. The van der Waals surface area contributed by atoms with Crippen molar-refractivity contribution in [1.29, 1.82) is 0 Å². The van der Waals surface area contributed by atoms with Crippen LogP contribution in [0.15, 0.2) is 18.2 Å². The molecule has 0 heterocycles. The topological polar surface area (TPSA) is 57.5 Å². The molecule has 1 unspecified atom stereocenters. The number of carboxylic acids is 1. The maximum absolute atomic E-state index is 13.6. The normalized spacial score (nSPS) is 14.7. The van der Waals surface area contributed by atoms with Crippen LogP contribution in [-0.4, -0.2) is 16.2 Å². The lowest BCUT2D eigenvalue weighted by molar-refractivity contribution is -0.145. The Kier molecular flexibility index (Phi) is 3.83. The number of hydrogen-bond acceptors (Lipinski definition) is 2. The van der Waals surface area contributed by atoms with Crippen LogP contribution in [0, 0.1) is 17.6 Å². The van der Waals surface area contributed by atoms with Crippen LogP contribution in [0.2, 0.25) is 0 Å².